The summed E-state index contributed by atoms with van der Waals surface area (Å²) in [6.45, 7) is 11.5. The molecule has 0 amide bonds. The fourth-order valence-corrected chi connectivity index (χ4v) is 8.90. The van der Waals surface area contributed by atoms with E-state index in [9.17, 15) is 13.7 Å². The Morgan fingerprint density at radius 2 is 1.64 bits per heavy atom. The van der Waals surface area contributed by atoms with Crippen molar-refractivity contribution in [3.05, 3.63) is 71.4 Å². The molecule has 1 unspecified atom stereocenters. The third-order valence-corrected chi connectivity index (χ3v) is 11.7. The molecule has 0 spiro atoms. The summed E-state index contributed by atoms with van der Waals surface area (Å²) >= 11 is 0. The lowest BCUT2D eigenvalue weighted by Crippen LogP contribution is -2.58. The minimum absolute atomic E-state index is 0.0787. The first kappa shape index (κ1) is 33.0. The number of pyridine rings is 1. The summed E-state index contributed by atoms with van der Waals surface area (Å²) in [5.41, 5.74) is 1.57. The number of nitrogens with zero attached hydrogens (tertiary/aromatic N) is 6. The van der Waals surface area contributed by atoms with Crippen molar-refractivity contribution in [3.8, 4) is 23.3 Å². The van der Waals surface area contributed by atoms with Crippen LogP contribution in [-0.2, 0) is 15.6 Å². The highest BCUT2D eigenvalue weighted by Gasteiger charge is 2.54. The number of fused-ring (bicyclic) bond motifs is 1. The van der Waals surface area contributed by atoms with Crippen molar-refractivity contribution in [1.82, 2.24) is 19.7 Å². The van der Waals surface area contributed by atoms with Crippen molar-refractivity contribution in [3.63, 3.8) is 0 Å². The molecule has 0 radical (unpaired) electrons. The smallest absolute Gasteiger partial charge is 0.281 e. The highest BCUT2D eigenvalue weighted by Crippen LogP contribution is 2.53. The molecule has 47 heavy (non-hydrogen) atoms. The fourth-order valence-electron chi connectivity index (χ4n) is 7.47. The molecule has 2 saturated heterocycles. The molecule has 250 valence electrons. The predicted octanol–water partition coefficient (Wildman–Crippen LogP) is 3.92. The van der Waals surface area contributed by atoms with Crippen LogP contribution in [0.3, 0.4) is 0 Å². The molecule has 0 saturated carbocycles. The van der Waals surface area contributed by atoms with Gasteiger partial charge in [0, 0.05) is 56.4 Å². The van der Waals surface area contributed by atoms with E-state index < -0.39 is 15.6 Å². The van der Waals surface area contributed by atoms with E-state index in [0.717, 1.165) is 69.8 Å². The number of aromatic nitrogens is 1. The Balaban J connectivity index is 1.48. The summed E-state index contributed by atoms with van der Waals surface area (Å²) in [6.07, 6.45) is 3.31. The van der Waals surface area contributed by atoms with E-state index in [1.807, 2.05) is 31.2 Å². The van der Waals surface area contributed by atoms with Crippen molar-refractivity contribution >= 4 is 15.7 Å². The molecule has 2 fully saturated rings. The van der Waals surface area contributed by atoms with Gasteiger partial charge >= 0.3 is 0 Å². The van der Waals surface area contributed by atoms with Gasteiger partial charge in [-0.2, -0.15) is 13.7 Å². The van der Waals surface area contributed by atoms with Crippen LogP contribution in [0.25, 0.3) is 0 Å². The number of methoxy groups -OCH3 is 2. The van der Waals surface area contributed by atoms with E-state index in [1.165, 1.54) is 23.7 Å². The van der Waals surface area contributed by atoms with E-state index in [2.05, 4.69) is 32.7 Å². The maximum absolute atomic E-state index is 14.5. The topological polar surface area (TPSA) is 111 Å². The predicted molar refractivity (Wildman–Crippen MR) is 180 cm³/mol. The van der Waals surface area contributed by atoms with Crippen molar-refractivity contribution in [2.24, 2.45) is 0 Å². The van der Waals surface area contributed by atoms with Gasteiger partial charge in [-0.1, -0.05) is 6.92 Å². The quantitative estimate of drug-likeness (QED) is 0.317. The van der Waals surface area contributed by atoms with Gasteiger partial charge in [-0.15, -0.1) is 0 Å². The molecule has 6 rings (SSSR count). The first-order valence-corrected chi connectivity index (χ1v) is 17.8. The van der Waals surface area contributed by atoms with Gasteiger partial charge in [0.1, 0.15) is 17.2 Å². The lowest BCUT2D eigenvalue weighted by atomic mass is 9.80. The van der Waals surface area contributed by atoms with Gasteiger partial charge in [0.05, 0.1) is 56.4 Å². The molecule has 3 aliphatic heterocycles. The van der Waals surface area contributed by atoms with E-state index >= 15 is 0 Å². The van der Waals surface area contributed by atoms with Gasteiger partial charge in [0.25, 0.3) is 10.0 Å². The molecule has 3 aromatic rings. The van der Waals surface area contributed by atoms with Crippen LogP contribution in [0.5, 0.6) is 17.2 Å². The van der Waals surface area contributed by atoms with Crippen molar-refractivity contribution in [1.29, 1.82) is 5.26 Å². The van der Waals surface area contributed by atoms with Gasteiger partial charge in [0.2, 0.25) is 0 Å². The Kier molecular flexibility index (Phi) is 9.62. The summed E-state index contributed by atoms with van der Waals surface area (Å²) in [6, 6.07) is 16.8. The van der Waals surface area contributed by atoms with Crippen LogP contribution in [0.4, 0.5) is 5.69 Å². The number of hydrogen-bond acceptors (Lipinski definition) is 10. The van der Waals surface area contributed by atoms with Crippen LogP contribution in [0, 0.1) is 11.3 Å². The van der Waals surface area contributed by atoms with E-state index in [1.54, 1.807) is 25.3 Å². The van der Waals surface area contributed by atoms with Gasteiger partial charge in [0.15, 0.2) is 5.03 Å². The largest absolute Gasteiger partial charge is 0.497 e. The second kappa shape index (κ2) is 13.7. The van der Waals surface area contributed by atoms with Gasteiger partial charge in [-0.05, 0) is 74.8 Å². The van der Waals surface area contributed by atoms with Crippen LogP contribution in [0.2, 0.25) is 0 Å². The first-order chi connectivity index (χ1) is 22.8. The zero-order chi connectivity index (χ0) is 33.2. The Bertz CT molecular complexity index is 1710. The maximum atomic E-state index is 14.5. The Labute approximate surface area is 278 Å². The van der Waals surface area contributed by atoms with E-state index in [-0.39, 0.29) is 11.6 Å². The molecule has 2 aromatic carbocycles. The monoisotopic (exact) mass is 660 g/mol. The minimum Gasteiger partial charge on any atom is -0.497 e. The lowest BCUT2D eigenvalue weighted by Gasteiger charge is -2.48. The average molecular weight is 661 g/mol. The molecule has 11 nitrogen and oxygen atoms in total. The summed E-state index contributed by atoms with van der Waals surface area (Å²) in [7, 11) is -0.980. The maximum Gasteiger partial charge on any atom is 0.281 e. The molecule has 3 aliphatic rings. The number of benzene rings is 2. The third-order valence-electron chi connectivity index (χ3n) is 10.0. The number of likely N-dealkylation sites (N-methyl/N-ethyl adjacent to an activating group) is 1. The SMILES string of the molecule is CCOc1ccc(OC)cc1C1(N2CCC(N3CCN(CC)CC3)CC2)CN(S(=O)(=O)c2ccc(OC)cn2)c2ccc(C#N)cc21. The highest BCUT2D eigenvalue weighted by molar-refractivity contribution is 7.92. The number of ether oxygens (including phenoxy) is 3. The summed E-state index contributed by atoms with van der Waals surface area (Å²) in [4.78, 5) is 11.8. The van der Waals surface area contributed by atoms with Crippen LogP contribution < -0.4 is 18.5 Å². The molecule has 12 heteroatoms. The van der Waals surface area contributed by atoms with Crippen molar-refractivity contribution < 1.29 is 22.6 Å². The molecule has 1 atom stereocenters. The average Bonchev–Trinajstić information content (AvgIpc) is 3.48. The molecule has 0 bridgehead atoms. The second-order valence-corrected chi connectivity index (χ2v) is 14.0. The standard InChI is InChI=1S/C35H44N6O5S/c1-5-38-17-19-39(20-18-38)27-13-15-40(16-14-27)35(31-22-28(44-3)8-11-33(31)46-6-2)25-41(32-10-7-26(23-36)21-30(32)35)47(42,43)34-12-9-29(45-4)24-37-34/h7-12,21-22,24,27H,5-6,13-20,25H2,1-4H3. The number of hydrogen-bond donors (Lipinski definition) is 0. The first-order valence-electron chi connectivity index (χ1n) is 16.4. The van der Waals surface area contributed by atoms with Crippen LogP contribution in [0.15, 0.2) is 59.8 Å². The zero-order valence-electron chi connectivity index (χ0n) is 27.7. The van der Waals surface area contributed by atoms with Gasteiger partial charge in [-0.3, -0.25) is 14.1 Å². The normalized spacial score (nSPS) is 21.3. The number of piperazine rings is 1. The van der Waals surface area contributed by atoms with E-state index in [4.69, 9.17) is 14.2 Å². The van der Waals surface area contributed by atoms with Crippen LogP contribution >= 0.6 is 0 Å². The fraction of sp³-hybridized carbons (Fsp3) is 0.486. The molecule has 1 aromatic heterocycles. The molecule has 4 heterocycles. The number of piperidine rings is 1. The molecular weight excluding hydrogens is 616 g/mol. The summed E-state index contributed by atoms with van der Waals surface area (Å²) in [5.74, 6) is 1.76. The molecular formula is C35H44N6O5S. The highest BCUT2D eigenvalue weighted by atomic mass is 32.2. The van der Waals surface area contributed by atoms with Crippen LogP contribution in [-0.4, -0.2) is 107 Å². The Hall–Kier alpha value is -3.89. The third kappa shape index (κ3) is 6.02. The van der Waals surface area contributed by atoms with E-state index in [0.29, 0.717) is 41.1 Å². The van der Waals surface area contributed by atoms with Gasteiger partial charge in [-0.25, -0.2) is 4.98 Å². The van der Waals surface area contributed by atoms with Crippen LogP contribution in [0.1, 0.15) is 43.4 Å². The minimum atomic E-state index is -4.12. The second-order valence-electron chi connectivity index (χ2n) is 12.2. The summed E-state index contributed by atoms with van der Waals surface area (Å²) in [5, 5.41) is 9.96. The van der Waals surface area contributed by atoms with Crippen molar-refractivity contribution in [2.75, 3.05) is 77.5 Å². The number of rotatable bonds is 10. The lowest BCUT2D eigenvalue weighted by molar-refractivity contribution is 0.0320. The number of sulfonamides is 1. The number of likely N-dealkylation sites (tertiary alicyclic amines) is 1. The molecule has 0 aliphatic carbocycles. The summed E-state index contributed by atoms with van der Waals surface area (Å²) < 4.78 is 47.6. The Morgan fingerprint density at radius 3 is 2.26 bits per heavy atom. The van der Waals surface area contributed by atoms with Gasteiger partial charge < -0.3 is 19.1 Å². The Morgan fingerprint density at radius 1 is 0.915 bits per heavy atom. The zero-order valence-corrected chi connectivity index (χ0v) is 28.5. The number of anilines is 1. The van der Waals surface area contributed by atoms with Crippen molar-refractivity contribution in [2.45, 2.75) is 43.3 Å². The number of nitriles is 1. The molecule has 0 N–H and O–H groups in total.